The van der Waals surface area contributed by atoms with Crippen LogP contribution >= 0.6 is 0 Å². The van der Waals surface area contributed by atoms with E-state index in [0.29, 0.717) is 0 Å². The van der Waals surface area contributed by atoms with E-state index in [1.807, 2.05) is 12.1 Å². The van der Waals surface area contributed by atoms with Crippen LogP contribution < -0.4 is 5.32 Å². The molecule has 19 heavy (non-hydrogen) atoms. The lowest BCUT2D eigenvalue weighted by atomic mass is 10.1. The summed E-state index contributed by atoms with van der Waals surface area (Å²) in [6, 6.07) is 19.1. The van der Waals surface area contributed by atoms with Gasteiger partial charge in [0.15, 0.2) is 0 Å². The lowest BCUT2D eigenvalue weighted by molar-refractivity contribution is 0.430. The minimum atomic E-state index is 0.224. The molecular weight excluding hydrogens is 234 g/mol. The Balaban J connectivity index is 1.71. The second-order valence-corrected chi connectivity index (χ2v) is 4.80. The standard InChI is InChI=1S/C17H17NO/c1-13(17-7-4-10-19-17)18-12-14-8-9-15-5-2-3-6-16(15)11-14/h2-11,13,18H,12H2,1H3/t13-/m0/s1. The van der Waals surface area contributed by atoms with E-state index in [2.05, 4.69) is 54.7 Å². The summed E-state index contributed by atoms with van der Waals surface area (Å²) in [5.41, 5.74) is 1.29. The van der Waals surface area contributed by atoms with Gasteiger partial charge in [-0.25, -0.2) is 0 Å². The summed E-state index contributed by atoms with van der Waals surface area (Å²) in [6.07, 6.45) is 1.71. The molecule has 0 saturated carbocycles. The molecule has 3 aromatic rings. The van der Waals surface area contributed by atoms with Gasteiger partial charge in [0, 0.05) is 6.54 Å². The van der Waals surface area contributed by atoms with Crippen LogP contribution in [0.15, 0.2) is 65.3 Å². The Labute approximate surface area is 113 Å². The summed E-state index contributed by atoms with van der Waals surface area (Å²) in [7, 11) is 0. The molecule has 0 radical (unpaired) electrons. The summed E-state index contributed by atoms with van der Waals surface area (Å²) in [5, 5.41) is 6.04. The zero-order chi connectivity index (χ0) is 13.1. The van der Waals surface area contributed by atoms with Crippen LogP contribution in [0.2, 0.25) is 0 Å². The van der Waals surface area contributed by atoms with E-state index in [9.17, 15) is 0 Å². The first-order valence-corrected chi connectivity index (χ1v) is 6.57. The first-order chi connectivity index (χ1) is 9.33. The highest BCUT2D eigenvalue weighted by molar-refractivity contribution is 5.82. The first-order valence-electron chi connectivity index (χ1n) is 6.57. The minimum Gasteiger partial charge on any atom is -0.468 e. The summed E-state index contributed by atoms with van der Waals surface area (Å²) in [5.74, 6) is 0.973. The zero-order valence-electron chi connectivity index (χ0n) is 11.0. The van der Waals surface area contributed by atoms with E-state index in [1.54, 1.807) is 6.26 Å². The lowest BCUT2D eigenvalue weighted by Gasteiger charge is -2.11. The fourth-order valence-corrected chi connectivity index (χ4v) is 2.26. The van der Waals surface area contributed by atoms with Gasteiger partial charge < -0.3 is 9.73 Å². The van der Waals surface area contributed by atoms with Crippen LogP contribution in [0.25, 0.3) is 10.8 Å². The number of hydrogen-bond acceptors (Lipinski definition) is 2. The normalized spacial score (nSPS) is 12.7. The summed E-state index contributed by atoms with van der Waals surface area (Å²) >= 11 is 0. The summed E-state index contributed by atoms with van der Waals surface area (Å²) < 4.78 is 5.39. The Morgan fingerprint density at radius 3 is 2.63 bits per heavy atom. The third-order valence-corrected chi connectivity index (χ3v) is 3.40. The van der Waals surface area contributed by atoms with Crippen LogP contribution in [0.1, 0.15) is 24.3 Å². The number of hydrogen-bond donors (Lipinski definition) is 1. The van der Waals surface area contributed by atoms with Gasteiger partial charge in [0.1, 0.15) is 5.76 Å². The molecule has 0 bridgehead atoms. The molecule has 1 aromatic heterocycles. The maximum atomic E-state index is 5.39. The van der Waals surface area contributed by atoms with Gasteiger partial charge in [0.05, 0.1) is 12.3 Å². The molecule has 0 amide bonds. The van der Waals surface area contributed by atoms with Gasteiger partial charge in [-0.05, 0) is 41.5 Å². The highest BCUT2D eigenvalue weighted by Crippen LogP contribution is 2.17. The Morgan fingerprint density at radius 1 is 1.00 bits per heavy atom. The second kappa shape index (κ2) is 5.29. The molecule has 0 spiro atoms. The van der Waals surface area contributed by atoms with E-state index in [1.165, 1.54) is 16.3 Å². The third-order valence-electron chi connectivity index (χ3n) is 3.40. The topological polar surface area (TPSA) is 25.2 Å². The molecule has 2 nitrogen and oxygen atoms in total. The van der Waals surface area contributed by atoms with Crippen LogP contribution in [0, 0.1) is 0 Å². The number of benzene rings is 2. The van der Waals surface area contributed by atoms with Crippen molar-refractivity contribution in [2.75, 3.05) is 0 Å². The maximum absolute atomic E-state index is 5.39. The predicted molar refractivity (Wildman–Crippen MR) is 77.9 cm³/mol. The van der Waals surface area contributed by atoms with E-state index in [4.69, 9.17) is 4.42 Å². The molecule has 0 unspecified atom stereocenters. The molecular formula is C17H17NO. The van der Waals surface area contributed by atoms with Crippen molar-refractivity contribution >= 4 is 10.8 Å². The molecule has 0 aliphatic heterocycles. The van der Waals surface area contributed by atoms with E-state index in [-0.39, 0.29) is 6.04 Å². The van der Waals surface area contributed by atoms with Crippen molar-refractivity contribution in [3.05, 3.63) is 72.2 Å². The minimum absolute atomic E-state index is 0.224. The Morgan fingerprint density at radius 2 is 1.84 bits per heavy atom. The number of nitrogens with one attached hydrogen (secondary N) is 1. The summed E-state index contributed by atoms with van der Waals surface area (Å²) in [4.78, 5) is 0. The molecule has 1 N–H and O–H groups in total. The van der Waals surface area contributed by atoms with Crippen molar-refractivity contribution in [3.63, 3.8) is 0 Å². The smallest absolute Gasteiger partial charge is 0.120 e. The van der Waals surface area contributed by atoms with Gasteiger partial charge in [0.25, 0.3) is 0 Å². The second-order valence-electron chi connectivity index (χ2n) is 4.80. The van der Waals surface area contributed by atoms with Gasteiger partial charge in [-0.1, -0.05) is 36.4 Å². The molecule has 0 fully saturated rings. The van der Waals surface area contributed by atoms with E-state index >= 15 is 0 Å². The molecule has 2 heteroatoms. The van der Waals surface area contributed by atoms with Crippen molar-refractivity contribution in [2.24, 2.45) is 0 Å². The van der Waals surface area contributed by atoms with Crippen molar-refractivity contribution in [1.82, 2.24) is 5.32 Å². The Hall–Kier alpha value is -2.06. The molecule has 1 heterocycles. The lowest BCUT2D eigenvalue weighted by Crippen LogP contribution is -2.17. The quantitative estimate of drug-likeness (QED) is 0.748. The Bertz CT molecular complexity index is 658. The van der Waals surface area contributed by atoms with Crippen molar-refractivity contribution in [3.8, 4) is 0 Å². The van der Waals surface area contributed by atoms with Crippen molar-refractivity contribution < 1.29 is 4.42 Å². The molecule has 0 aliphatic rings. The highest BCUT2D eigenvalue weighted by Gasteiger charge is 2.07. The largest absolute Gasteiger partial charge is 0.468 e. The van der Waals surface area contributed by atoms with Crippen LogP contribution in [0.3, 0.4) is 0 Å². The van der Waals surface area contributed by atoms with E-state index in [0.717, 1.165) is 12.3 Å². The zero-order valence-corrected chi connectivity index (χ0v) is 11.0. The van der Waals surface area contributed by atoms with Crippen LogP contribution in [-0.2, 0) is 6.54 Å². The third kappa shape index (κ3) is 2.69. The average molecular weight is 251 g/mol. The monoisotopic (exact) mass is 251 g/mol. The average Bonchev–Trinajstić information content (AvgIpc) is 2.99. The van der Waals surface area contributed by atoms with Crippen molar-refractivity contribution in [2.45, 2.75) is 19.5 Å². The predicted octanol–water partition coefficient (Wildman–Crippen LogP) is 4.28. The van der Waals surface area contributed by atoms with E-state index < -0.39 is 0 Å². The first kappa shape index (κ1) is 12.0. The van der Waals surface area contributed by atoms with Gasteiger partial charge >= 0.3 is 0 Å². The Kier molecular flexibility index (Phi) is 3.34. The molecule has 3 rings (SSSR count). The van der Waals surface area contributed by atoms with Gasteiger partial charge in [-0.15, -0.1) is 0 Å². The van der Waals surface area contributed by atoms with Crippen LogP contribution in [0.5, 0.6) is 0 Å². The van der Waals surface area contributed by atoms with Gasteiger partial charge in [-0.2, -0.15) is 0 Å². The maximum Gasteiger partial charge on any atom is 0.120 e. The molecule has 96 valence electrons. The fraction of sp³-hybridized carbons (Fsp3) is 0.176. The number of fused-ring (bicyclic) bond motifs is 1. The molecule has 0 aliphatic carbocycles. The summed E-state index contributed by atoms with van der Waals surface area (Å²) in [6.45, 7) is 2.95. The number of rotatable bonds is 4. The fourth-order valence-electron chi connectivity index (χ4n) is 2.26. The van der Waals surface area contributed by atoms with Crippen LogP contribution in [-0.4, -0.2) is 0 Å². The SMILES string of the molecule is C[C@H](NCc1ccc2ccccc2c1)c1ccco1. The molecule has 1 atom stereocenters. The van der Waals surface area contributed by atoms with Crippen LogP contribution in [0.4, 0.5) is 0 Å². The van der Waals surface area contributed by atoms with Gasteiger partial charge in [0.2, 0.25) is 0 Å². The molecule has 0 saturated heterocycles. The number of furan rings is 1. The molecule has 2 aromatic carbocycles. The van der Waals surface area contributed by atoms with Gasteiger partial charge in [-0.3, -0.25) is 0 Å². The van der Waals surface area contributed by atoms with Crippen molar-refractivity contribution in [1.29, 1.82) is 0 Å². The highest BCUT2D eigenvalue weighted by atomic mass is 16.3.